The van der Waals surface area contributed by atoms with Crippen molar-refractivity contribution in [3.63, 3.8) is 0 Å². The van der Waals surface area contributed by atoms with Crippen LogP contribution in [0, 0.1) is 0 Å². The van der Waals surface area contributed by atoms with E-state index in [1.807, 2.05) is 35.2 Å². The number of imidazole rings is 1. The zero-order valence-electron chi connectivity index (χ0n) is 16.3. The Morgan fingerprint density at radius 3 is 2.45 bits per heavy atom. The highest BCUT2D eigenvalue weighted by Crippen LogP contribution is 2.32. The standard InChI is InChI=1S/C24H24N4O/c29-24-27-21-12-11-18(14-22(21)28(24)20-8-4-5-9-20)19-15-25-23(26-16-19)13-10-17-6-2-1-3-7-17/h1-3,6-7,11-12,14-16,20H,4-5,8-10,13H2,(H,27,29). The van der Waals surface area contributed by atoms with Crippen molar-refractivity contribution in [2.24, 2.45) is 0 Å². The molecule has 0 unspecified atom stereocenters. The van der Waals surface area contributed by atoms with E-state index < -0.39 is 0 Å². The quantitative estimate of drug-likeness (QED) is 0.543. The Hall–Kier alpha value is -3.21. The third-order valence-electron chi connectivity index (χ3n) is 5.93. The van der Waals surface area contributed by atoms with Crippen LogP contribution < -0.4 is 5.69 Å². The van der Waals surface area contributed by atoms with E-state index in [9.17, 15) is 4.79 Å². The Morgan fingerprint density at radius 1 is 0.931 bits per heavy atom. The minimum absolute atomic E-state index is 0.00319. The van der Waals surface area contributed by atoms with Crippen LogP contribution in [0.3, 0.4) is 0 Å². The first-order chi connectivity index (χ1) is 14.3. The van der Waals surface area contributed by atoms with Gasteiger partial charge in [-0.1, -0.05) is 49.2 Å². The van der Waals surface area contributed by atoms with Gasteiger partial charge in [0.25, 0.3) is 0 Å². The van der Waals surface area contributed by atoms with Crippen molar-refractivity contribution in [1.29, 1.82) is 0 Å². The monoisotopic (exact) mass is 384 g/mol. The van der Waals surface area contributed by atoms with E-state index in [0.29, 0.717) is 6.04 Å². The van der Waals surface area contributed by atoms with Crippen LogP contribution in [0.25, 0.3) is 22.2 Å². The zero-order valence-corrected chi connectivity index (χ0v) is 16.3. The number of fused-ring (bicyclic) bond motifs is 1. The van der Waals surface area contributed by atoms with Crippen LogP contribution in [0.4, 0.5) is 0 Å². The normalized spacial score (nSPS) is 14.6. The molecule has 1 saturated carbocycles. The van der Waals surface area contributed by atoms with E-state index in [-0.39, 0.29) is 5.69 Å². The largest absolute Gasteiger partial charge is 0.326 e. The van der Waals surface area contributed by atoms with Gasteiger partial charge in [0.2, 0.25) is 0 Å². The molecule has 5 heteroatoms. The number of benzene rings is 2. The summed E-state index contributed by atoms with van der Waals surface area (Å²) in [6.07, 6.45) is 10.1. The van der Waals surface area contributed by atoms with Gasteiger partial charge in [0.1, 0.15) is 5.82 Å². The van der Waals surface area contributed by atoms with Crippen molar-refractivity contribution in [2.45, 2.75) is 44.6 Å². The summed E-state index contributed by atoms with van der Waals surface area (Å²) in [5.74, 6) is 0.850. The van der Waals surface area contributed by atoms with Crippen molar-refractivity contribution in [3.8, 4) is 11.1 Å². The van der Waals surface area contributed by atoms with Gasteiger partial charge in [0, 0.05) is 30.4 Å². The molecule has 4 aromatic rings. The van der Waals surface area contributed by atoms with Gasteiger partial charge in [-0.2, -0.15) is 0 Å². The predicted molar refractivity (Wildman–Crippen MR) is 115 cm³/mol. The Morgan fingerprint density at radius 2 is 1.69 bits per heavy atom. The zero-order chi connectivity index (χ0) is 19.6. The van der Waals surface area contributed by atoms with Gasteiger partial charge < -0.3 is 4.98 Å². The van der Waals surface area contributed by atoms with Gasteiger partial charge in [0.05, 0.1) is 11.0 Å². The highest BCUT2D eigenvalue weighted by molar-refractivity contribution is 5.82. The van der Waals surface area contributed by atoms with Crippen LogP contribution in [0.2, 0.25) is 0 Å². The van der Waals surface area contributed by atoms with Crippen LogP contribution in [-0.4, -0.2) is 19.5 Å². The number of hydrogen-bond donors (Lipinski definition) is 1. The maximum absolute atomic E-state index is 12.5. The first-order valence-electron chi connectivity index (χ1n) is 10.4. The lowest BCUT2D eigenvalue weighted by atomic mass is 10.1. The maximum Gasteiger partial charge on any atom is 0.326 e. The first-order valence-corrected chi connectivity index (χ1v) is 10.4. The number of hydrogen-bond acceptors (Lipinski definition) is 3. The predicted octanol–water partition coefficient (Wildman–Crippen LogP) is 4.69. The fourth-order valence-electron chi connectivity index (χ4n) is 4.36. The molecule has 1 aliphatic rings. The molecular weight excluding hydrogens is 360 g/mol. The van der Waals surface area contributed by atoms with E-state index in [1.54, 1.807) is 0 Å². The summed E-state index contributed by atoms with van der Waals surface area (Å²) in [5, 5.41) is 0. The second kappa shape index (κ2) is 7.66. The lowest BCUT2D eigenvalue weighted by Crippen LogP contribution is -2.20. The van der Waals surface area contributed by atoms with E-state index in [4.69, 9.17) is 0 Å². The molecule has 5 nitrogen and oxygen atoms in total. The van der Waals surface area contributed by atoms with E-state index in [2.05, 4.69) is 45.3 Å². The topological polar surface area (TPSA) is 63.6 Å². The molecule has 0 saturated heterocycles. The summed E-state index contributed by atoms with van der Waals surface area (Å²) in [6.45, 7) is 0. The van der Waals surface area contributed by atoms with Crippen LogP contribution in [0.15, 0.2) is 65.7 Å². The first kappa shape index (κ1) is 17.9. The Labute approximate surface area is 169 Å². The van der Waals surface area contributed by atoms with Crippen molar-refractivity contribution in [2.75, 3.05) is 0 Å². The molecule has 0 bridgehead atoms. The average molecular weight is 384 g/mol. The van der Waals surface area contributed by atoms with Crippen LogP contribution in [-0.2, 0) is 12.8 Å². The van der Waals surface area contributed by atoms with Gasteiger partial charge in [-0.3, -0.25) is 4.57 Å². The van der Waals surface area contributed by atoms with Crippen LogP contribution in [0.5, 0.6) is 0 Å². The number of rotatable bonds is 5. The summed E-state index contributed by atoms with van der Waals surface area (Å²) >= 11 is 0. The molecule has 29 heavy (non-hydrogen) atoms. The number of nitrogens with zero attached hydrogens (tertiary/aromatic N) is 3. The maximum atomic E-state index is 12.5. The van der Waals surface area contributed by atoms with E-state index in [0.717, 1.165) is 53.7 Å². The van der Waals surface area contributed by atoms with E-state index in [1.165, 1.54) is 18.4 Å². The van der Waals surface area contributed by atoms with Gasteiger partial charge in [-0.15, -0.1) is 0 Å². The fraction of sp³-hybridized carbons (Fsp3) is 0.292. The van der Waals surface area contributed by atoms with Crippen LogP contribution >= 0.6 is 0 Å². The van der Waals surface area contributed by atoms with Crippen molar-refractivity contribution in [3.05, 3.63) is 82.8 Å². The number of aromatic amines is 1. The number of H-pyrrole nitrogens is 1. The average Bonchev–Trinajstić information content (AvgIpc) is 3.39. The van der Waals surface area contributed by atoms with Gasteiger partial charge >= 0.3 is 5.69 Å². The molecule has 5 rings (SSSR count). The summed E-state index contributed by atoms with van der Waals surface area (Å²) < 4.78 is 1.95. The minimum atomic E-state index is -0.00319. The molecule has 1 N–H and O–H groups in total. The third kappa shape index (κ3) is 3.60. The van der Waals surface area contributed by atoms with Gasteiger partial charge in [0.15, 0.2) is 0 Å². The molecule has 0 amide bonds. The molecule has 0 spiro atoms. The molecule has 1 fully saturated rings. The molecule has 2 aromatic heterocycles. The van der Waals surface area contributed by atoms with Crippen molar-refractivity contribution < 1.29 is 0 Å². The SMILES string of the molecule is O=c1[nH]c2ccc(-c3cnc(CCc4ccccc4)nc3)cc2n1C1CCCC1. The molecular formula is C24H24N4O. The minimum Gasteiger partial charge on any atom is -0.306 e. The molecule has 0 atom stereocenters. The third-order valence-corrected chi connectivity index (χ3v) is 5.93. The molecule has 0 aliphatic heterocycles. The second-order valence-electron chi connectivity index (χ2n) is 7.84. The lowest BCUT2D eigenvalue weighted by molar-refractivity contribution is 0.518. The second-order valence-corrected chi connectivity index (χ2v) is 7.84. The summed E-state index contributed by atoms with van der Waals surface area (Å²) in [7, 11) is 0. The van der Waals surface area contributed by atoms with E-state index >= 15 is 0 Å². The number of aromatic nitrogens is 4. The smallest absolute Gasteiger partial charge is 0.306 e. The summed E-state index contributed by atoms with van der Waals surface area (Å²) in [4.78, 5) is 24.6. The molecule has 0 radical (unpaired) electrons. The highest BCUT2D eigenvalue weighted by atomic mass is 16.1. The van der Waals surface area contributed by atoms with Gasteiger partial charge in [-0.25, -0.2) is 14.8 Å². The summed E-state index contributed by atoms with van der Waals surface area (Å²) in [6, 6.07) is 16.8. The molecule has 2 heterocycles. The molecule has 1 aliphatic carbocycles. The highest BCUT2D eigenvalue weighted by Gasteiger charge is 2.21. The molecule has 2 aromatic carbocycles. The van der Waals surface area contributed by atoms with Gasteiger partial charge in [-0.05, 0) is 42.5 Å². The number of nitrogens with one attached hydrogen (secondary N) is 1. The summed E-state index contributed by atoms with van der Waals surface area (Å²) in [5.41, 5.74) is 5.18. The Kier molecular flexibility index (Phi) is 4.72. The Bertz CT molecular complexity index is 1170. The Balaban J connectivity index is 1.40. The van der Waals surface area contributed by atoms with Crippen molar-refractivity contribution in [1.82, 2.24) is 19.5 Å². The van der Waals surface area contributed by atoms with Crippen LogP contribution in [0.1, 0.15) is 43.1 Å². The number of aryl methyl sites for hydroxylation is 2. The lowest BCUT2D eigenvalue weighted by Gasteiger charge is -2.12. The fourth-order valence-corrected chi connectivity index (χ4v) is 4.36. The molecule has 146 valence electrons. The van der Waals surface area contributed by atoms with Crippen molar-refractivity contribution >= 4 is 11.0 Å².